The molecule has 0 spiro atoms. The standard InChI is InChI=1S/C19H27N7O/c1-3-18(27)25-9-7-16(13-25)24-19(21-4-2)23-12-15-5-6-17(22-11-15)26-10-8-20-14-26/h5-6,8,10-11,14,16H,3-4,7,9,12-13H2,1-2H3,(H2,21,23,24). The molecule has 1 aliphatic heterocycles. The van der Waals surface area contributed by atoms with Gasteiger partial charge in [0.05, 0.1) is 6.54 Å². The monoisotopic (exact) mass is 369 g/mol. The lowest BCUT2D eigenvalue weighted by Crippen LogP contribution is -2.45. The van der Waals surface area contributed by atoms with E-state index in [1.807, 2.05) is 47.8 Å². The van der Waals surface area contributed by atoms with E-state index in [-0.39, 0.29) is 11.9 Å². The summed E-state index contributed by atoms with van der Waals surface area (Å²) >= 11 is 0. The van der Waals surface area contributed by atoms with Crippen LogP contribution in [0.1, 0.15) is 32.3 Å². The van der Waals surface area contributed by atoms with E-state index in [1.165, 1.54) is 0 Å². The molecule has 144 valence electrons. The Morgan fingerprint density at radius 3 is 2.93 bits per heavy atom. The number of imidazole rings is 1. The minimum Gasteiger partial charge on any atom is -0.357 e. The maximum atomic E-state index is 11.8. The number of hydrogen-bond donors (Lipinski definition) is 2. The van der Waals surface area contributed by atoms with Crippen molar-refractivity contribution in [2.75, 3.05) is 19.6 Å². The van der Waals surface area contributed by atoms with E-state index in [0.717, 1.165) is 43.4 Å². The van der Waals surface area contributed by atoms with Crippen molar-refractivity contribution < 1.29 is 4.79 Å². The zero-order valence-corrected chi connectivity index (χ0v) is 15.9. The van der Waals surface area contributed by atoms with Gasteiger partial charge in [-0.3, -0.25) is 9.36 Å². The predicted octanol–water partition coefficient (Wildman–Crippen LogP) is 1.33. The van der Waals surface area contributed by atoms with Gasteiger partial charge in [-0.1, -0.05) is 13.0 Å². The van der Waals surface area contributed by atoms with Gasteiger partial charge in [0.15, 0.2) is 5.96 Å². The van der Waals surface area contributed by atoms with Crippen LogP contribution < -0.4 is 10.6 Å². The number of carbonyl (C=O) groups is 1. The maximum Gasteiger partial charge on any atom is 0.222 e. The fourth-order valence-electron chi connectivity index (χ4n) is 3.07. The number of rotatable bonds is 6. The number of guanidine groups is 1. The van der Waals surface area contributed by atoms with Gasteiger partial charge in [0.2, 0.25) is 5.91 Å². The first kappa shape index (κ1) is 18.9. The van der Waals surface area contributed by atoms with Gasteiger partial charge in [-0.25, -0.2) is 15.0 Å². The summed E-state index contributed by atoms with van der Waals surface area (Å²) in [5.41, 5.74) is 1.03. The summed E-state index contributed by atoms with van der Waals surface area (Å²) < 4.78 is 1.86. The quantitative estimate of drug-likeness (QED) is 0.593. The highest BCUT2D eigenvalue weighted by atomic mass is 16.2. The molecule has 2 aromatic heterocycles. The second-order valence-electron chi connectivity index (χ2n) is 6.51. The van der Waals surface area contributed by atoms with Crippen molar-refractivity contribution in [3.63, 3.8) is 0 Å². The Labute approximate surface area is 159 Å². The number of nitrogens with one attached hydrogen (secondary N) is 2. The normalized spacial score (nSPS) is 17.2. The first-order chi connectivity index (χ1) is 13.2. The third-order valence-corrected chi connectivity index (χ3v) is 4.53. The summed E-state index contributed by atoms with van der Waals surface area (Å²) in [6, 6.07) is 4.21. The largest absolute Gasteiger partial charge is 0.357 e. The molecule has 0 saturated carbocycles. The molecule has 1 saturated heterocycles. The smallest absolute Gasteiger partial charge is 0.222 e. The van der Waals surface area contributed by atoms with Crippen molar-refractivity contribution in [1.29, 1.82) is 0 Å². The van der Waals surface area contributed by atoms with Crippen molar-refractivity contribution in [2.24, 2.45) is 4.99 Å². The van der Waals surface area contributed by atoms with Gasteiger partial charge in [0.1, 0.15) is 12.1 Å². The molecule has 3 rings (SSSR count). The van der Waals surface area contributed by atoms with Crippen molar-refractivity contribution in [1.82, 2.24) is 30.1 Å². The molecule has 1 atom stereocenters. The van der Waals surface area contributed by atoms with Crippen LogP contribution in [0.5, 0.6) is 0 Å². The highest BCUT2D eigenvalue weighted by molar-refractivity contribution is 5.80. The molecule has 1 amide bonds. The zero-order chi connectivity index (χ0) is 19.1. The maximum absolute atomic E-state index is 11.8. The SMILES string of the molecule is CCNC(=NCc1ccc(-n2ccnc2)nc1)NC1CCN(C(=O)CC)C1. The van der Waals surface area contributed by atoms with Gasteiger partial charge in [-0.05, 0) is 25.0 Å². The van der Waals surface area contributed by atoms with Crippen LogP contribution in [0, 0.1) is 0 Å². The van der Waals surface area contributed by atoms with Crippen LogP contribution >= 0.6 is 0 Å². The van der Waals surface area contributed by atoms with E-state index < -0.39 is 0 Å². The lowest BCUT2D eigenvalue weighted by Gasteiger charge is -2.18. The molecule has 27 heavy (non-hydrogen) atoms. The first-order valence-corrected chi connectivity index (χ1v) is 9.45. The van der Waals surface area contributed by atoms with Crippen LogP contribution in [0.4, 0.5) is 0 Å². The van der Waals surface area contributed by atoms with Gasteiger partial charge in [0, 0.05) is 50.7 Å². The highest BCUT2D eigenvalue weighted by Crippen LogP contribution is 2.11. The van der Waals surface area contributed by atoms with Gasteiger partial charge >= 0.3 is 0 Å². The summed E-state index contributed by atoms with van der Waals surface area (Å²) in [4.78, 5) is 26.9. The number of aromatic nitrogens is 3. The van der Waals surface area contributed by atoms with Crippen molar-refractivity contribution in [3.05, 3.63) is 42.6 Å². The molecule has 1 aliphatic rings. The fraction of sp³-hybridized carbons (Fsp3) is 0.474. The molecule has 1 fully saturated rings. The molecule has 2 N–H and O–H groups in total. The molecule has 2 aromatic rings. The van der Waals surface area contributed by atoms with Crippen molar-refractivity contribution >= 4 is 11.9 Å². The van der Waals surface area contributed by atoms with Gasteiger partial charge in [0.25, 0.3) is 0 Å². The summed E-state index contributed by atoms with van der Waals surface area (Å²) in [6.07, 6.45) is 8.65. The van der Waals surface area contributed by atoms with Gasteiger partial charge in [-0.15, -0.1) is 0 Å². The van der Waals surface area contributed by atoms with Crippen LogP contribution in [-0.2, 0) is 11.3 Å². The minimum absolute atomic E-state index is 0.213. The fourth-order valence-corrected chi connectivity index (χ4v) is 3.07. The number of hydrogen-bond acceptors (Lipinski definition) is 4. The third kappa shape index (κ3) is 5.06. The Hall–Kier alpha value is -2.90. The zero-order valence-electron chi connectivity index (χ0n) is 15.9. The number of amides is 1. The Morgan fingerprint density at radius 2 is 2.26 bits per heavy atom. The van der Waals surface area contributed by atoms with E-state index in [2.05, 4.69) is 25.6 Å². The third-order valence-electron chi connectivity index (χ3n) is 4.53. The molecule has 8 heteroatoms. The van der Waals surface area contributed by atoms with Crippen LogP contribution in [-0.4, -0.2) is 57.0 Å². The average molecular weight is 369 g/mol. The second-order valence-corrected chi connectivity index (χ2v) is 6.51. The average Bonchev–Trinajstić information content (AvgIpc) is 3.38. The first-order valence-electron chi connectivity index (χ1n) is 9.45. The number of carbonyl (C=O) groups excluding carboxylic acids is 1. The van der Waals surface area contributed by atoms with E-state index in [0.29, 0.717) is 13.0 Å². The number of aliphatic imine (C=N–C) groups is 1. The van der Waals surface area contributed by atoms with Crippen molar-refractivity contribution in [2.45, 2.75) is 39.3 Å². The highest BCUT2D eigenvalue weighted by Gasteiger charge is 2.25. The van der Waals surface area contributed by atoms with Crippen LogP contribution in [0.2, 0.25) is 0 Å². The molecule has 0 aromatic carbocycles. The summed E-state index contributed by atoms with van der Waals surface area (Å²) in [5, 5.41) is 6.72. The Bertz CT molecular complexity index is 755. The number of likely N-dealkylation sites (tertiary alicyclic amines) is 1. The summed E-state index contributed by atoms with van der Waals surface area (Å²) in [7, 11) is 0. The number of nitrogens with zero attached hydrogens (tertiary/aromatic N) is 5. The Balaban J connectivity index is 1.58. The van der Waals surface area contributed by atoms with E-state index in [9.17, 15) is 4.79 Å². The minimum atomic E-state index is 0.213. The molecule has 0 radical (unpaired) electrons. The van der Waals surface area contributed by atoms with Crippen LogP contribution in [0.3, 0.4) is 0 Å². The summed E-state index contributed by atoms with van der Waals surface area (Å²) in [6.45, 7) is 6.81. The van der Waals surface area contributed by atoms with E-state index in [4.69, 9.17) is 0 Å². The van der Waals surface area contributed by atoms with E-state index in [1.54, 1.807) is 12.5 Å². The lowest BCUT2D eigenvalue weighted by atomic mass is 10.2. The molecule has 0 aliphatic carbocycles. The number of pyridine rings is 1. The van der Waals surface area contributed by atoms with Crippen molar-refractivity contribution in [3.8, 4) is 5.82 Å². The Kier molecular flexibility index (Phi) is 6.40. The second kappa shape index (κ2) is 9.16. The molecule has 3 heterocycles. The molecule has 0 bridgehead atoms. The topological polar surface area (TPSA) is 87.4 Å². The molecule has 8 nitrogen and oxygen atoms in total. The van der Waals surface area contributed by atoms with Crippen LogP contribution in [0.25, 0.3) is 5.82 Å². The predicted molar refractivity (Wildman–Crippen MR) is 105 cm³/mol. The Morgan fingerprint density at radius 1 is 1.37 bits per heavy atom. The van der Waals surface area contributed by atoms with Gasteiger partial charge in [-0.2, -0.15) is 0 Å². The molecule has 1 unspecified atom stereocenters. The molecular formula is C19H27N7O. The van der Waals surface area contributed by atoms with Gasteiger partial charge < -0.3 is 15.5 Å². The van der Waals surface area contributed by atoms with E-state index >= 15 is 0 Å². The summed E-state index contributed by atoms with van der Waals surface area (Å²) in [5.74, 6) is 1.81. The van der Waals surface area contributed by atoms with Crippen LogP contribution in [0.15, 0.2) is 42.0 Å². The molecular weight excluding hydrogens is 342 g/mol. The lowest BCUT2D eigenvalue weighted by molar-refractivity contribution is -0.129.